The van der Waals surface area contributed by atoms with Gasteiger partial charge < -0.3 is 14.2 Å². The number of nitrogens with zero attached hydrogens (tertiary/aromatic N) is 2. The van der Waals surface area contributed by atoms with Crippen molar-refractivity contribution in [2.24, 2.45) is 4.99 Å². The highest BCUT2D eigenvalue weighted by atomic mass is 32.2. The maximum Gasteiger partial charge on any atom is 0.316 e. The SMILES string of the molecule is CCOC(=O)CSC1=N/C(=C\c2ccc3c(c2)OCO3)C(=O)N1C. The van der Waals surface area contributed by atoms with Gasteiger partial charge in [0.2, 0.25) is 6.79 Å². The molecule has 2 aliphatic rings. The van der Waals surface area contributed by atoms with Crippen molar-refractivity contribution in [3.63, 3.8) is 0 Å². The maximum atomic E-state index is 12.3. The van der Waals surface area contributed by atoms with E-state index >= 15 is 0 Å². The summed E-state index contributed by atoms with van der Waals surface area (Å²) in [5.41, 5.74) is 1.10. The summed E-state index contributed by atoms with van der Waals surface area (Å²) in [5, 5.41) is 0.472. The molecule has 0 fully saturated rings. The second-order valence-corrected chi connectivity index (χ2v) is 5.94. The Morgan fingerprint density at radius 3 is 3.00 bits per heavy atom. The molecule has 0 saturated carbocycles. The zero-order chi connectivity index (χ0) is 17.1. The fraction of sp³-hybridized carbons (Fsp3) is 0.312. The van der Waals surface area contributed by atoms with Crippen LogP contribution < -0.4 is 9.47 Å². The summed E-state index contributed by atoms with van der Waals surface area (Å²) in [4.78, 5) is 29.4. The number of thioether (sulfide) groups is 1. The molecule has 0 aliphatic carbocycles. The van der Waals surface area contributed by atoms with Gasteiger partial charge in [0.1, 0.15) is 5.70 Å². The lowest BCUT2D eigenvalue weighted by atomic mass is 10.1. The van der Waals surface area contributed by atoms with E-state index in [9.17, 15) is 9.59 Å². The molecule has 7 nitrogen and oxygen atoms in total. The zero-order valence-electron chi connectivity index (χ0n) is 13.3. The van der Waals surface area contributed by atoms with Crippen LogP contribution in [0.1, 0.15) is 12.5 Å². The number of amidine groups is 1. The number of likely N-dealkylation sites (N-methyl/N-ethyl adjacent to an activating group) is 1. The molecule has 0 bridgehead atoms. The standard InChI is InChI=1S/C16H16N2O5S/c1-3-21-14(19)8-24-16-17-11(15(20)18(16)2)6-10-4-5-12-13(7-10)23-9-22-12/h4-7H,3,8-9H2,1-2H3/b11-6-. The molecule has 0 radical (unpaired) electrons. The van der Waals surface area contributed by atoms with Crippen LogP contribution >= 0.6 is 11.8 Å². The molecule has 0 aromatic heterocycles. The number of rotatable bonds is 4. The van der Waals surface area contributed by atoms with Crippen molar-refractivity contribution in [2.75, 3.05) is 26.2 Å². The third-order valence-corrected chi connectivity index (χ3v) is 4.35. The van der Waals surface area contributed by atoms with Crippen molar-refractivity contribution in [3.05, 3.63) is 29.5 Å². The number of ether oxygens (including phenoxy) is 3. The molecule has 2 heterocycles. The molecule has 1 amide bonds. The number of esters is 1. The van der Waals surface area contributed by atoms with Crippen LogP contribution in [0.3, 0.4) is 0 Å². The molecule has 126 valence electrons. The first-order chi connectivity index (χ1) is 11.6. The minimum atomic E-state index is -0.334. The van der Waals surface area contributed by atoms with Gasteiger partial charge in [0, 0.05) is 7.05 Å². The van der Waals surface area contributed by atoms with Gasteiger partial charge in [0.05, 0.1) is 12.4 Å². The Kier molecular flexibility index (Phi) is 4.75. The van der Waals surface area contributed by atoms with Gasteiger partial charge in [-0.1, -0.05) is 17.8 Å². The summed E-state index contributed by atoms with van der Waals surface area (Å²) >= 11 is 1.17. The minimum Gasteiger partial charge on any atom is -0.465 e. The van der Waals surface area contributed by atoms with E-state index in [4.69, 9.17) is 14.2 Å². The molecule has 8 heteroatoms. The lowest BCUT2D eigenvalue weighted by molar-refractivity contribution is -0.139. The molecule has 3 rings (SSSR count). The Hall–Kier alpha value is -2.48. The summed E-state index contributed by atoms with van der Waals surface area (Å²) in [6, 6.07) is 5.41. The Balaban J connectivity index is 1.75. The van der Waals surface area contributed by atoms with Gasteiger partial charge in [-0.05, 0) is 30.7 Å². The fourth-order valence-electron chi connectivity index (χ4n) is 2.19. The molecule has 0 N–H and O–H groups in total. The van der Waals surface area contributed by atoms with Gasteiger partial charge in [-0.3, -0.25) is 14.5 Å². The number of amides is 1. The largest absolute Gasteiger partial charge is 0.465 e. The predicted molar refractivity (Wildman–Crippen MR) is 89.8 cm³/mol. The van der Waals surface area contributed by atoms with Crippen molar-refractivity contribution >= 4 is 34.9 Å². The number of aliphatic imine (C=N–C) groups is 1. The molecule has 0 unspecified atom stereocenters. The van der Waals surface area contributed by atoms with Crippen molar-refractivity contribution < 1.29 is 23.8 Å². The minimum absolute atomic E-state index is 0.113. The Morgan fingerprint density at radius 2 is 2.21 bits per heavy atom. The smallest absolute Gasteiger partial charge is 0.316 e. The van der Waals surface area contributed by atoms with Gasteiger partial charge in [-0.2, -0.15) is 0 Å². The number of carbonyl (C=O) groups is 2. The summed E-state index contributed by atoms with van der Waals surface area (Å²) in [6.45, 7) is 2.28. The predicted octanol–water partition coefficient (Wildman–Crippen LogP) is 1.88. The molecule has 0 atom stereocenters. The van der Waals surface area contributed by atoms with E-state index in [2.05, 4.69) is 4.99 Å². The van der Waals surface area contributed by atoms with Crippen molar-refractivity contribution in [2.45, 2.75) is 6.92 Å². The van der Waals surface area contributed by atoms with E-state index in [0.29, 0.717) is 29.0 Å². The van der Waals surface area contributed by atoms with Crippen LogP contribution in [0.2, 0.25) is 0 Å². The van der Waals surface area contributed by atoms with Crippen LogP contribution in [0.25, 0.3) is 6.08 Å². The summed E-state index contributed by atoms with van der Waals surface area (Å²) < 4.78 is 15.5. The third-order valence-electron chi connectivity index (χ3n) is 3.35. The highest BCUT2D eigenvalue weighted by molar-refractivity contribution is 8.14. The number of hydrogen-bond acceptors (Lipinski definition) is 7. The molecule has 24 heavy (non-hydrogen) atoms. The summed E-state index contributed by atoms with van der Waals surface area (Å²) in [7, 11) is 1.62. The quantitative estimate of drug-likeness (QED) is 0.611. The lowest BCUT2D eigenvalue weighted by Gasteiger charge is -2.10. The van der Waals surface area contributed by atoms with Crippen molar-refractivity contribution in [3.8, 4) is 11.5 Å². The first kappa shape index (κ1) is 16.4. The number of carbonyl (C=O) groups excluding carboxylic acids is 2. The first-order valence-corrected chi connectivity index (χ1v) is 8.33. The molecular weight excluding hydrogens is 332 g/mol. The summed E-state index contributed by atoms with van der Waals surface area (Å²) in [6.07, 6.45) is 1.68. The molecule has 0 spiro atoms. The average molecular weight is 348 g/mol. The summed E-state index contributed by atoms with van der Waals surface area (Å²) in [5.74, 6) is 0.880. The van der Waals surface area contributed by atoms with E-state index in [1.165, 1.54) is 16.7 Å². The Labute approximate surface area is 143 Å². The van der Waals surface area contributed by atoms with E-state index in [1.807, 2.05) is 6.07 Å². The highest BCUT2D eigenvalue weighted by Crippen LogP contribution is 2.33. The van der Waals surface area contributed by atoms with E-state index in [-0.39, 0.29) is 24.4 Å². The monoisotopic (exact) mass is 348 g/mol. The average Bonchev–Trinajstić information content (AvgIpc) is 3.13. The molecule has 0 saturated heterocycles. The van der Waals surface area contributed by atoms with Crippen molar-refractivity contribution in [1.29, 1.82) is 0 Å². The van der Waals surface area contributed by atoms with Crippen LogP contribution in [-0.2, 0) is 14.3 Å². The molecular formula is C16H16N2O5S. The number of hydrogen-bond donors (Lipinski definition) is 0. The Bertz CT molecular complexity index is 744. The van der Waals surface area contributed by atoms with E-state index < -0.39 is 0 Å². The van der Waals surface area contributed by atoms with E-state index in [0.717, 1.165) is 5.56 Å². The van der Waals surface area contributed by atoms with E-state index in [1.54, 1.807) is 32.2 Å². The molecule has 2 aliphatic heterocycles. The second kappa shape index (κ2) is 6.96. The van der Waals surface area contributed by atoms with Crippen LogP contribution in [0.15, 0.2) is 28.9 Å². The lowest BCUT2D eigenvalue weighted by Crippen LogP contribution is -2.26. The Morgan fingerprint density at radius 1 is 1.42 bits per heavy atom. The third kappa shape index (κ3) is 3.38. The number of benzene rings is 1. The zero-order valence-corrected chi connectivity index (χ0v) is 14.1. The number of fused-ring (bicyclic) bond motifs is 1. The van der Waals surface area contributed by atoms with Gasteiger partial charge in [0.15, 0.2) is 16.7 Å². The maximum absolute atomic E-state index is 12.3. The van der Waals surface area contributed by atoms with Gasteiger partial charge in [0.25, 0.3) is 5.91 Å². The second-order valence-electron chi connectivity index (χ2n) is 4.99. The van der Waals surface area contributed by atoms with Gasteiger partial charge in [-0.15, -0.1) is 0 Å². The van der Waals surface area contributed by atoms with Crippen molar-refractivity contribution in [1.82, 2.24) is 4.90 Å². The van der Waals surface area contributed by atoms with Crippen LogP contribution in [0, 0.1) is 0 Å². The van der Waals surface area contributed by atoms with Gasteiger partial charge in [-0.25, -0.2) is 4.99 Å². The van der Waals surface area contributed by atoms with Crippen LogP contribution in [-0.4, -0.2) is 48.1 Å². The first-order valence-electron chi connectivity index (χ1n) is 7.35. The highest BCUT2D eigenvalue weighted by Gasteiger charge is 2.28. The van der Waals surface area contributed by atoms with Crippen LogP contribution in [0.5, 0.6) is 11.5 Å². The fourth-order valence-corrected chi connectivity index (χ4v) is 2.96. The topological polar surface area (TPSA) is 77.4 Å². The molecule has 1 aromatic carbocycles. The normalized spacial score (nSPS) is 17.4. The van der Waals surface area contributed by atoms with Crippen LogP contribution in [0.4, 0.5) is 0 Å². The van der Waals surface area contributed by atoms with Gasteiger partial charge >= 0.3 is 5.97 Å². The molecule has 1 aromatic rings.